The highest BCUT2D eigenvalue weighted by Crippen LogP contribution is 2.43. The molecule has 0 heterocycles. The van der Waals surface area contributed by atoms with Crippen molar-refractivity contribution in [1.29, 1.82) is 0 Å². The van der Waals surface area contributed by atoms with Gasteiger partial charge in [0.05, 0.1) is 5.56 Å². The first-order valence-corrected chi connectivity index (χ1v) is 11.1. The molecule has 0 radical (unpaired) electrons. The molecule has 0 spiro atoms. The molecule has 0 amide bonds. The van der Waals surface area contributed by atoms with Crippen molar-refractivity contribution in [3.63, 3.8) is 0 Å². The van der Waals surface area contributed by atoms with Crippen LogP contribution in [-0.4, -0.2) is 11.1 Å². The van der Waals surface area contributed by atoms with Gasteiger partial charge in [0.25, 0.3) is 0 Å². The van der Waals surface area contributed by atoms with E-state index < -0.39 is 5.97 Å². The third-order valence-electron chi connectivity index (χ3n) is 6.86. The van der Waals surface area contributed by atoms with E-state index in [0.717, 1.165) is 36.0 Å². The maximum atomic E-state index is 12.3. The van der Waals surface area contributed by atoms with Crippen LogP contribution in [0.2, 0.25) is 0 Å². The summed E-state index contributed by atoms with van der Waals surface area (Å²) in [5.74, 6) is -0.404. The van der Waals surface area contributed by atoms with E-state index in [1.165, 1.54) is 27.8 Å². The Bertz CT molecular complexity index is 1080. The van der Waals surface area contributed by atoms with E-state index in [4.69, 9.17) is 0 Å². The second-order valence-electron chi connectivity index (χ2n) is 8.62. The molecule has 0 bridgehead atoms. The van der Waals surface area contributed by atoms with Crippen LogP contribution in [-0.2, 0) is 6.42 Å². The molecular formula is C28H30O2. The quantitative estimate of drug-likeness (QED) is 0.362. The summed E-state index contributed by atoms with van der Waals surface area (Å²) < 4.78 is 0. The fraction of sp³-hybridized carbons (Fsp3) is 0.321. The standard InChI is InChI=1S/C28H30O2/c1-5-17(3)24-15-20(16-25(18(4)6-2)27(24)28(29)30)22-12-9-13-23-21-11-8-7-10-19(21)14-26(22)23/h7-13,15-18H,5-6,14H2,1-4H3,(H,29,30). The molecule has 0 aromatic heterocycles. The number of benzene rings is 3. The Hall–Kier alpha value is -2.87. The molecular weight excluding hydrogens is 368 g/mol. The van der Waals surface area contributed by atoms with E-state index in [-0.39, 0.29) is 11.8 Å². The number of carboxylic acid groups (broad SMARTS) is 1. The maximum Gasteiger partial charge on any atom is 0.336 e. The van der Waals surface area contributed by atoms with Crippen LogP contribution in [0.4, 0.5) is 0 Å². The molecule has 0 fully saturated rings. The molecule has 2 nitrogen and oxygen atoms in total. The molecule has 2 unspecified atom stereocenters. The summed E-state index contributed by atoms with van der Waals surface area (Å²) in [7, 11) is 0. The molecule has 3 aromatic carbocycles. The van der Waals surface area contributed by atoms with Crippen LogP contribution in [0.3, 0.4) is 0 Å². The molecule has 154 valence electrons. The predicted molar refractivity (Wildman–Crippen MR) is 124 cm³/mol. The minimum absolute atomic E-state index is 0.202. The third-order valence-corrected chi connectivity index (χ3v) is 6.86. The van der Waals surface area contributed by atoms with Crippen molar-refractivity contribution in [2.24, 2.45) is 0 Å². The van der Waals surface area contributed by atoms with Gasteiger partial charge >= 0.3 is 5.97 Å². The minimum atomic E-state index is -0.808. The Morgan fingerprint density at radius 1 is 0.867 bits per heavy atom. The van der Waals surface area contributed by atoms with Gasteiger partial charge in [-0.3, -0.25) is 0 Å². The molecule has 2 heteroatoms. The number of hydrogen-bond acceptors (Lipinski definition) is 1. The number of aromatic carboxylic acids is 1. The summed E-state index contributed by atoms with van der Waals surface area (Å²) in [6.45, 7) is 8.53. The first-order valence-electron chi connectivity index (χ1n) is 11.1. The first kappa shape index (κ1) is 20.4. The van der Waals surface area contributed by atoms with Crippen LogP contribution in [0, 0.1) is 0 Å². The lowest BCUT2D eigenvalue weighted by molar-refractivity contribution is 0.0693. The normalized spacial score (nSPS) is 14.1. The Kier molecular flexibility index (Phi) is 5.51. The summed E-state index contributed by atoms with van der Waals surface area (Å²) in [6, 6.07) is 19.4. The van der Waals surface area contributed by atoms with Gasteiger partial charge < -0.3 is 5.11 Å². The zero-order chi connectivity index (χ0) is 21.4. The highest BCUT2D eigenvalue weighted by molar-refractivity contribution is 5.94. The van der Waals surface area contributed by atoms with Gasteiger partial charge in [-0.05, 0) is 87.7 Å². The topological polar surface area (TPSA) is 37.3 Å². The van der Waals surface area contributed by atoms with E-state index >= 15 is 0 Å². The lowest BCUT2D eigenvalue weighted by atomic mass is 9.82. The van der Waals surface area contributed by atoms with Crippen LogP contribution in [0.1, 0.15) is 85.0 Å². The Morgan fingerprint density at radius 2 is 1.43 bits per heavy atom. The van der Waals surface area contributed by atoms with Gasteiger partial charge in [0.1, 0.15) is 0 Å². The van der Waals surface area contributed by atoms with Crippen LogP contribution >= 0.6 is 0 Å². The van der Waals surface area contributed by atoms with Crippen molar-refractivity contribution >= 4 is 5.97 Å². The number of carboxylic acids is 1. The van der Waals surface area contributed by atoms with Gasteiger partial charge in [-0.25, -0.2) is 4.79 Å². The van der Waals surface area contributed by atoms with Crippen molar-refractivity contribution in [3.8, 4) is 22.3 Å². The fourth-order valence-corrected chi connectivity index (χ4v) is 4.74. The molecule has 0 aliphatic heterocycles. The molecule has 0 saturated heterocycles. The summed E-state index contributed by atoms with van der Waals surface area (Å²) in [4.78, 5) is 12.3. The summed E-state index contributed by atoms with van der Waals surface area (Å²) in [5.41, 5.74) is 10.2. The highest BCUT2D eigenvalue weighted by atomic mass is 16.4. The van der Waals surface area contributed by atoms with Crippen LogP contribution in [0.5, 0.6) is 0 Å². The lowest BCUT2D eigenvalue weighted by Crippen LogP contribution is -2.12. The van der Waals surface area contributed by atoms with Crippen LogP contribution in [0.25, 0.3) is 22.3 Å². The molecule has 4 rings (SSSR count). The van der Waals surface area contributed by atoms with E-state index in [1.54, 1.807) is 0 Å². The third kappa shape index (κ3) is 3.35. The molecule has 1 N–H and O–H groups in total. The van der Waals surface area contributed by atoms with Crippen LogP contribution in [0.15, 0.2) is 54.6 Å². The molecule has 0 saturated carbocycles. The number of hydrogen-bond donors (Lipinski definition) is 1. The lowest BCUT2D eigenvalue weighted by Gasteiger charge is -2.22. The second-order valence-corrected chi connectivity index (χ2v) is 8.62. The van der Waals surface area contributed by atoms with Crippen LogP contribution < -0.4 is 0 Å². The Labute approximate surface area is 179 Å². The van der Waals surface area contributed by atoms with Crippen molar-refractivity contribution in [2.45, 2.75) is 58.8 Å². The van der Waals surface area contributed by atoms with E-state index in [2.05, 4.69) is 82.3 Å². The number of carbonyl (C=O) groups is 1. The fourth-order valence-electron chi connectivity index (χ4n) is 4.74. The minimum Gasteiger partial charge on any atom is -0.478 e. The smallest absolute Gasteiger partial charge is 0.336 e. The van der Waals surface area contributed by atoms with Crippen molar-refractivity contribution in [2.75, 3.05) is 0 Å². The summed E-state index contributed by atoms with van der Waals surface area (Å²) >= 11 is 0. The maximum absolute atomic E-state index is 12.3. The van der Waals surface area contributed by atoms with Crippen molar-refractivity contribution in [3.05, 3.63) is 82.4 Å². The molecule has 30 heavy (non-hydrogen) atoms. The Balaban J connectivity index is 1.96. The van der Waals surface area contributed by atoms with Crippen molar-refractivity contribution in [1.82, 2.24) is 0 Å². The molecule has 2 atom stereocenters. The average molecular weight is 399 g/mol. The second kappa shape index (κ2) is 8.10. The van der Waals surface area contributed by atoms with E-state index in [9.17, 15) is 9.90 Å². The average Bonchev–Trinajstić information content (AvgIpc) is 3.15. The van der Waals surface area contributed by atoms with Crippen molar-refractivity contribution < 1.29 is 9.90 Å². The van der Waals surface area contributed by atoms with E-state index in [1.807, 2.05) is 0 Å². The SMILES string of the molecule is CCC(C)c1cc(-c2cccc3c2Cc2ccccc2-3)cc(C(C)CC)c1C(=O)O. The highest BCUT2D eigenvalue weighted by Gasteiger charge is 2.26. The molecule has 3 aromatic rings. The van der Waals surface area contributed by atoms with Gasteiger partial charge in [-0.15, -0.1) is 0 Å². The van der Waals surface area contributed by atoms with E-state index in [0.29, 0.717) is 5.56 Å². The molecule has 1 aliphatic rings. The summed E-state index contributed by atoms with van der Waals surface area (Å²) in [6.07, 6.45) is 2.77. The van der Waals surface area contributed by atoms with Gasteiger partial charge in [0.2, 0.25) is 0 Å². The van der Waals surface area contributed by atoms with Gasteiger partial charge in [-0.1, -0.05) is 70.2 Å². The zero-order valence-electron chi connectivity index (χ0n) is 18.3. The number of fused-ring (bicyclic) bond motifs is 3. The van der Waals surface area contributed by atoms with Gasteiger partial charge in [-0.2, -0.15) is 0 Å². The predicted octanol–water partition coefficient (Wildman–Crippen LogP) is 7.65. The largest absolute Gasteiger partial charge is 0.478 e. The first-order chi connectivity index (χ1) is 14.5. The monoisotopic (exact) mass is 398 g/mol. The number of rotatable bonds is 6. The summed E-state index contributed by atoms with van der Waals surface area (Å²) in [5, 5.41) is 10.1. The zero-order valence-corrected chi connectivity index (χ0v) is 18.3. The molecule has 1 aliphatic carbocycles. The van der Waals surface area contributed by atoms with Gasteiger partial charge in [0, 0.05) is 0 Å². The van der Waals surface area contributed by atoms with Gasteiger partial charge in [0.15, 0.2) is 0 Å². The Morgan fingerprint density at radius 3 is 2.03 bits per heavy atom.